The van der Waals surface area contributed by atoms with Gasteiger partial charge in [0.2, 0.25) is 0 Å². The van der Waals surface area contributed by atoms with Gasteiger partial charge in [-0.15, -0.1) is 0 Å². The number of carbonyl (C=O) groups excluding carboxylic acids is 1. The van der Waals surface area contributed by atoms with Crippen LogP contribution >= 0.6 is 0 Å². The Kier molecular flexibility index (Phi) is 6.50. The van der Waals surface area contributed by atoms with Crippen LogP contribution in [0, 0.1) is 5.41 Å². The monoisotopic (exact) mass is 430 g/mol. The number of hydrogen-bond donors (Lipinski definition) is 0. The maximum atomic E-state index is 12.3. The molecule has 32 heavy (non-hydrogen) atoms. The van der Waals surface area contributed by atoms with Crippen LogP contribution in [-0.2, 0) is 10.2 Å². The zero-order valence-corrected chi connectivity index (χ0v) is 20.2. The number of rotatable bonds is 5. The van der Waals surface area contributed by atoms with Crippen molar-refractivity contribution in [3.8, 4) is 11.5 Å². The molecule has 3 nitrogen and oxygen atoms in total. The Hall–Kier alpha value is -3.07. The van der Waals surface area contributed by atoms with Crippen LogP contribution in [-0.4, -0.2) is 11.6 Å². The minimum atomic E-state index is -0.548. The van der Waals surface area contributed by atoms with E-state index in [1.165, 1.54) is 5.56 Å². The number of carbonyl (C=O) groups is 1. The molecule has 0 aliphatic rings. The minimum Gasteiger partial charge on any atom is -0.488 e. The summed E-state index contributed by atoms with van der Waals surface area (Å²) in [4.78, 5) is 12.3. The minimum absolute atomic E-state index is 0.245. The van der Waals surface area contributed by atoms with Crippen molar-refractivity contribution in [2.75, 3.05) is 0 Å². The van der Waals surface area contributed by atoms with Crippen LogP contribution in [0.25, 0.3) is 0 Å². The Morgan fingerprint density at radius 2 is 1.03 bits per heavy atom. The molecule has 3 aromatic rings. The summed E-state index contributed by atoms with van der Waals surface area (Å²) < 4.78 is 11.6. The van der Waals surface area contributed by atoms with Crippen molar-refractivity contribution in [3.05, 3.63) is 95.6 Å². The summed E-state index contributed by atoms with van der Waals surface area (Å²) in [6.07, 6.45) is 0. The smallest absolute Gasteiger partial charge is 0.316 e. The van der Waals surface area contributed by atoms with E-state index in [-0.39, 0.29) is 17.0 Å². The third kappa shape index (κ3) is 5.40. The average Bonchev–Trinajstić information content (AvgIpc) is 2.73. The van der Waals surface area contributed by atoms with Crippen molar-refractivity contribution < 1.29 is 14.3 Å². The summed E-state index contributed by atoms with van der Waals surface area (Å²) in [6.45, 7) is 13.9. The van der Waals surface area contributed by atoms with Crippen LogP contribution in [0.1, 0.15) is 65.2 Å². The molecule has 1 atom stereocenters. The molecule has 3 aromatic carbocycles. The van der Waals surface area contributed by atoms with E-state index in [0.29, 0.717) is 5.75 Å². The van der Waals surface area contributed by atoms with E-state index in [9.17, 15) is 4.79 Å². The van der Waals surface area contributed by atoms with Crippen LogP contribution in [0.2, 0.25) is 0 Å². The molecular weight excluding hydrogens is 396 g/mol. The first-order valence-corrected chi connectivity index (χ1v) is 11.1. The molecule has 0 aromatic heterocycles. The highest BCUT2D eigenvalue weighted by atomic mass is 16.5. The van der Waals surface area contributed by atoms with Crippen LogP contribution in [0.3, 0.4) is 0 Å². The zero-order valence-electron chi connectivity index (χ0n) is 20.2. The van der Waals surface area contributed by atoms with Gasteiger partial charge in [-0.2, -0.15) is 0 Å². The van der Waals surface area contributed by atoms with Crippen molar-refractivity contribution in [2.45, 2.75) is 59.5 Å². The second-order valence-electron chi connectivity index (χ2n) is 10.4. The molecule has 0 aliphatic carbocycles. The third-order valence-corrected chi connectivity index (χ3v) is 5.46. The van der Waals surface area contributed by atoms with Gasteiger partial charge in [0.05, 0.1) is 5.41 Å². The number of ether oxygens (including phenoxy) is 2. The third-order valence-electron chi connectivity index (χ3n) is 5.46. The van der Waals surface area contributed by atoms with E-state index in [4.69, 9.17) is 9.47 Å². The predicted octanol–water partition coefficient (Wildman–Crippen LogP) is 7.17. The van der Waals surface area contributed by atoms with Gasteiger partial charge in [-0.25, -0.2) is 0 Å². The Balaban J connectivity index is 1.99. The highest BCUT2D eigenvalue weighted by Gasteiger charge is 2.31. The summed E-state index contributed by atoms with van der Waals surface area (Å²) in [5.41, 5.74) is 2.28. The molecule has 0 heterocycles. The second kappa shape index (κ2) is 8.82. The summed E-state index contributed by atoms with van der Waals surface area (Å²) in [5.74, 6) is 1.16. The van der Waals surface area contributed by atoms with Gasteiger partial charge in [0.1, 0.15) is 17.1 Å². The van der Waals surface area contributed by atoms with Gasteiger partial charge < -0.3 is 9.47 Å². The molecule has 0 saturated carbocycles. The first-order valence-electron chi connectivity index (χ1n) is 11.1. The highest BCUT2D eigenvalue weighted by molar-refractivity contribution is 5.77. The molecular formula is C29H34O3. The molecule has 0 radical (unpaired) electrons. The van der Waals surface area contributed by atoms with Gasteiger partial charge in [0.15, 0.2) is 0 Å². The molecule has 1 unspecified atom stereocenters. The van der Waals surface area contributed by atoms with E-state index in [2.05, 4.69) is 43.3 Å². The highest BCUT2D eigenvalue weighted by Crippen LogP contribution is 2.40. The van der Waals surface area contributed by atoms with Gasteiger partial charge in [0, 0.05) is 5.41 Å². The van der Waals surface area contributed by atoms with Crippen molar-refractivity contribution in [3.63, 3.8) is 0 Å². The lowest BCUT2D eigenvalue weighted by Crippen LogP contribution is -2.26. The fourth-order valence-electron chi connectivity index (χ4n) is 3.60. The quantitative estimate of drug-likeness (QED) is 0.244. The van der Waals surface area contributed by atoms with Gasteiger partial charge in [-0.05, 0) is 89.4 Å². The van der Waals surface area contributed by atoms with Crippen molar-refractivity contribution in [1.29, 1.82) is 0 Å². The van der Waals surface area contributed by atoms with Crippen LogP contribution in [0.5, 0.6) is 11.5 Å². The lowest BCUT2D eigenvalue weighted by atomic mass is 9.71. The number of hydrogen-bond acceptors (Lipinski definition) is 3. The lowest BCUT2D eigenvalue weighted by molar-refractivity contribution is -0.143. The SMILES string of the molecule is CC(C)(C)Oc1ccc(C(C)(c2ccccc2)c2ccc(OC(=O)C(C)(C)C)cc2)cc1. The maximum absolute atomic E-state index is 12.3. The topological polar surface area (TPSA) is 35.5 Å². The fraction of sp³-hybridized carbons (Fsp3) is 0.345. The maximum Gasteiger partial charge on any atom is 0.316 e. The van der Waals surface area contributed by atoms with E-state index in [1.54, 1.807) is 0 Å². The average molecular weight is 431 g/mol. The molecule has 0 spiro atoms. The molecule has 0 N–H and O–H groups in total. The first kappa shape index (κ1) is 23.6. The van der Waals surface area contributed by atoms with Gasteiger partial charge in [-0.3, -0.25) is 4.79 Å². The van der Waals surface area contributed by atoms with E-state index >= 15 is 0 Å². The van der Waals surface area contributed by atoms with Gasteiger partial charge >= 0.3 is 5.97 Å². The molecule has 3 heteroatoms. The van der Waals surface area contributed by atoms with E-state index in [0.717, 1.165) is 16.9 Å². The lowest BCUT2D eigenvalue weighted by Gasteiger charge is -2.32. The molecule has 3 rings (SSSR count). The molecule has 168 valence electrons. The molecule has 0 saturated heterocycles. The fourth-order valence-corrected chi connectivity index (χ4v) is 3.60. The molecule has 0 amide bonds. The second-order valence-corrected chi connectivity index (χ2v) is 10.4. The van der Waals surface area contributed by atoms with Crippen molar-refractivity contribution in [1.82, 2.24) is 0 Å². The predicted molar refractivity (Wildman–Crippen MR) is 130 cm³/mol. The van der Waals surface area contributed by atoms with Gasteiger partial charge in [0.25, 0.3) is 0 Å². The Morgan fingerprint density at radius 1 is 0.594 bits per heavy atom. The Bertz CT molecular complexity index is 1040. The molecule has 0 fully saturated rings. The van der Waals surface area contributed by atoms with Gasteiger partial charge in [-0.1, -0.05) is 54.6 Å². The normalized spacial score (nSPS) is 13.8. The molecule has 0 bridgehead atoms. The summed E-state index contributed by atoms with van der Waals surface area (Å²) in [5, 5.41) is 0. The number of esters is 1. The standard InChI is InChI=1S/C29H34O3/c1-27(2,3)26(30)31-24-17-13-22(14-18-24)29(7,21-11-9-8-10-12-21)23-15-19-25(20-16-23)32-28(4,5)6/h8-20H,1-7H3. The van der Waals surface area contributed by atoms with Crippen molar-refractivity contribution >= 4 is 5.97 Å². The summed E-state index contributed by atoms with van der Waals surface area (Å²) in [7, 11) is 0. The summed E-state index contributed by atoms with van der Waals surface area (Å²) >= 11 is 0. The molecule has 0 aliphatic heterocycles. The Labute approximate surface area is 192 Å². The van der Waals surface area contributed by atoms with E-state index < -0.39 is 5.41 Å². The van der Waals surface area contributed by atoms with Crippen molar-refractivity contribution in [2.24, 2.45) is 5.41 Å². The summed E-state index contributed by atoms with van der Waals surface area (Å²) in [6, 6.07) is 26.6. The van der Waals surface area contributed by atoms with E-state index in [1.807, 2.05) is 84.0 Å². The van der Waals surface area contributed by atoms with Crippen LogP contribution in [0.15, 0.2) is 78.9 Å². The zero-order chi connectivity index (χ0) is 23.6. The Morgan fingerprint density at radius 3 is 1.47 bits per heavy atom. The van der Waals surface area contributed by atoms with Crippen LogP contribution in [0.4, 0.5) is 0 Å². The number of benzene rings is 3. The largest absolute Gasteiger partial charge is 0.488 e. The first-order chi connectivity index (χ1) is 14.9. The van der Waals surface area contributed by atoms with Crippen LogP contribution < -0.4 is 9.47 Å².